The largest absolute Gasteiger partial charge is 0.383 e. The molecule has 0 aliphatic carbocycles. The van der Waals surface area contributed by atoms with Gasteiger partial charge in [0.1, 0.15) is 0 Å². The van der Waals surface area contributed by atoms with Crippen molar-refractivity contribution >= 4 is 34.0 Å². The van der Waals surface area contributed by atoms with Crippen molar-refractivity contribution < 1.29 is 14.3 Å². The number of nitrogens with zero attached hydrogens (tertiary/aromatic N) is 1. The van der Waals surface area contributed by atoms with Crippen molar-refractivity contribution in [3.05, 3.63) is 34.3 Å². The Morgan fingerprint density at radius 2 is 2.21 bits per heavy atom. The molecule has 0 aliphatic rings. The smallest absolute Gasteiger partial charge is 0.329 e. The van der Waals surface area contributed by atoms with Gasteiger partial charge in [0.2, 0.25) is 0 Å². The van der Waals surface area contributed by atoms with E-state index in [0.29, 0.717) is 6.61 Å². The maximum atomic E-state index is 11.3. The van der Waals surface area contributed by atoms with Gasteiger partial charge in [-0.1, -0.05) is 28.1 Å². The second-order valence-corrected chi connectivity index (χ2v) is 4.42. The third-order valence-corrected chi connectivity index (χ3v) is 2.52. The highest BCUT2D eigenvalue weighted by atomic mass is 79.9. The lowest BCUT2D eigenvalue weighted by Gasteiger charge is -2.02. The van der Waals surface area contributed by atoms with Crippen LogP contribution < -0.4 is 10.7 Å². The highest BCUT2D eigenvalue weighted by molar-refractivity contribution is 9.10. The molecule has 1 aromatic carbocycles. The topological polar surface area (TPSA) is 79.8 Å². The third kappa shape index (κ3) is 6.12. The summed E-state index contributed by atoms with van der Waals surface area (Å²) in [5, 5.41) is 6.08. The summed E-state index contributed by atoms with van der Waals surface area (Å²) in [6, 6.07) is 7.36. The van der Waals surface area contributed by atoms with Crippen molar-refractivity contribution in [3.63, 3.8) is 0 Å². The average Bonchev–Trinajstić information content (AvgIpc) is 2.39. The molecule has 7 heteroatoms. The van der Waals surface area contributed by atoms with Crippen LogP contribution in [0.5, 0.6) is 0 Å². The number of amides is 2. The molecular formula is C12H14BrN3O3. The van der Waals surface area contributed by atoms with Crippen LogP contribution in [-0.4, -0.2) is 38.3 Å². The van der Waals surface area contributed by atoms with Gasteiger partial charge in [-0.15, -0.1) is 0 Å². The van der Waals surface area contributed by atoms with Crippen molar-refractivity contribution in [3.8, 4) is 0 Å². The van der Waals surface area contributed by atoms with Gasteiger partial charge < -0.3 is 10.1 Å². The summed E-state index contributed by atoms with van der Waals surface area (Å²) in [5.41, 5.74) is 2.94. The van der Waals surface area contributed by atoms with E-state index < -0.39 is 11.8 Å². The first-order valence-electron chi connectivity index (χ1n) is 5.49. The molecular weight excluding hydrogens is 314 g/mol. The fourth-order valence-corrected chi connectivity index (χ4v) is 1.57. The molecule has 0 heterocycles. The van der Waals surface area contributed by atoms with Crippen LogP contribution in [0.25, 0.3) is 0 Å². The number of carbonyl (C=O) groups is 2. The number of hydrazone groups is 1. The predicted molar refractivity (Wildman–Crippen MR) is 74.8 cm³/mol. The number of benzene rings is 1. The van der Waals surface area contributed by atoms with E-state index >= 15 is 0 Å². The van der Waals surface area contributed by atoms with Gasteiger partial charge in [0.15, 0.2) is 0 Å². The van der Waals surface area contributed by atoms with Gasteiger partial charge in [-0.2, -0.15) is 5.10 Å². The van der Waals surface area contributed by atoms with Gasteiger partial charge >= 0.3 is 11.8 Å². The molecule has 19 heavy (non-hydrogen) atoms. The number of nitrogens with one attached hydrogen (secondary N) is 2. The van der Waals surface area contributed by atoms with E-state index in [0.717, 1.165) is 10.0 Å². The van der Waals surface area contributed by atoms with Gasteiger partial charge in [-0.3, -0.25) is 9.59 Å². The van der Waals surface area contributed by atoms with Crippen LogP contribution in [0.2, 0.25) is 0 Å². The first-order valence-corrected chi connectivity index (χ1v) is 6.28. The number of methoxy groups -OCH3 is 1. The van der Waals surface area contributed by atoms with Crippen LogP contribution in [0.3, 0.4) is 0 Å². The Balaban J connectivity index is 2.39. The SMILES string of the molecule is COCCNC(=O)C(=O)N/N=C/c1cccc(Br)c1. The monoisotopic (exact) mass is 327 g/mol. The molecule has 0 fully saturated rings. The molecule has 1 rings (SSSR count). The van der Waals surface area contributed by atoms with Gasteiger partial charge in [-0.25, -0.2) is 5.43 Å². The van der Waals surface area contributed by atoms with Crippen LogP contribution in [0.4, 0.5) is 0 Å². The molecule has 1 aromatic rings. The Bertz CT molecular complexity index is 477. The summed E-state index contributed by atoms with van der Waals surface area (Å²) in [6.45, 7) is 0.623. The highest BCUT2D eigenvalue weighted by Crippen LogP contribution is 2.09. The second kappa shape index (κ2) is 8.39. The van der Waals surface area contributed by atoms with E-state index in [1.54, 1.807) is 0 Å². The Labute approximate surface area is 119 Å². The Morgan fingerprint density at radius 1 is 1.42 bits per heavy atom. The number of rotatable bonds is 5. The van der Waals surface area contributed by atoms with Gasteiger partial charge in [0, 0.05) is 18.1 Å². The lowest BCUT2D eigenvalue weighted by atomic mass is 10.2. The quantitative estimate of drug-likeness (QED) is 0.361. The maximum Gasteiger partial charge on any atom is 0.329 e. The minimum absolute atomic E-state index is 0.276. The standard InChI is InChI=1S/C12H14BrN3O3/c1-19-6-5-14-11(17)12(18)16-15-8-9-3-2-4-10(13)7-9/h2-4,7-8H,5-6H2,1H3,(H,14,17)(H,16,18)/b15-8+. The number of hydrogen-bond acceptors (Lipinski definition) is 4. The normalized spacial score (nSPS) is 10.4. The summed E-state index contributed by atoms with van der Waals surface area (Å²) in [7, 11) is 1.51. The molecule has 2 N–H and O–H groups in total. The molecule has 102 valence electrons. The van der Waals surface area contributed by atoms with Crippen LogP contribution in [0.15, 0.2) is 33.8 Å². The van der Waals surface area contributed by atoms with Crippen molar-refractivity contribution in [2.75, 3.05) is 20.3 Å². The lowest BCUT2D eigenvalue weighted by Crippen LogP contribution is -2.39. The Kier molecular flexibility index (Phi) is 6.76. The van der Waals surface area contributed by atoms with Gasteiger partial charge in [0.05, 0.1) is 12.8 Å². The van der Waals surface area contributed by atoms with E-state index in [-0.39, 0.29) is 6.54 Å². The zero-order valence-corrected chi connectivity index (χ0v) is 11.9. The molecule has 0 saturated carbocycles. The number of hydrogen-bond donors (Lipinski definition) is 2. The summed E-state index contributed by atoms with van der Waals surface area (Å²) < 4.78 is 5.64. The fourth-order valence-electron chi connectivity index (χ4n) is 1.15. The molecule has 0 bridgehead atoms. The second-order valence-electron chi connectivity index (χ2n) is 3.50. The fraction of sp³-hybridized carbons (Fsp3) is 0.250. The predicted octanol–water partition coefficient (Wildman–Crippen LogP) is 0.662. The van der Waals surface area contributed by atoms with Crippen LogP contribution in [-0.2, 0) is 14.3 Å². The number of carbonyl (C=O) groups excluding carboxylic acids is 2. The summed E-state index contributed by atoms with van der Waals surface area (Å²) in [4.78, 5) is 22.6. The lowest BCUT2D eigenvalue weighted by molar-refractivity contribution is -0.139. The van der Waals surface area contributed by atoms with E-state index in [4.69, 9.17) is 4.74 Å². The minimum Gasteiger partial charge on any atom is -0.383 e. The summed E-state index contributed by atoms with van der Waals surface area (Å²) in [6.07, 6.45) is 1.45. The Hall–Kier alpha value is -1.73. The first kappa shape index (κ1) is 15.3. The van der Waals surface area contributed by atoms with Crippen molar-refractivity contribution in [2.24, 2.45) is 5.10 Å². The van der Waals surface area contributed by atoms with E-state index in [2.05, 4.69) is 31.8 Å². The number of ether oxygens (including phenoxy) is 1. The van der Waals surface area contributed by atoms with Crippen LogP contribution in [0, 0.1) is 0 Å². The molecule has 0 aromatic heterocycles. The zero-order chi connectivity index (χ0) is 14.1. The maximum absolute atomic E-state index is 11.3. The minimum atomic E-state index is -0.817. The first-order chi connectivity index (χ1) is 9.13. The van der Waals surface area contributed by atoms with E-state index in [9.17, 15) is 9.59 Å². The number of halogens is 1. The Morgan fingerprint density at radius 3 is 2.89 bits per heavy atom. The molecule has 2 amide bonds. The molecule has 6 nitrogen and oxygen atoms in total. The summed E-state index contributed by atoms with van der Waals surface area (Å²) in [5.74, 6) is -1.56. The van der Waals surface area contributed by atoms with Crippen molar-refractivity contribution in [1.82, 2.24) is 10.7 Å². The van der Waals surface area contributed by atoms with E-state index in [1.165, 1.54) is 13.3 Å². The molecule has 0 spiro atoms. The van der Waals surface area contributed by atoms with Gasteiger partial charge in [-0.05, 0) is 17.7 Å². The summed E-state index contributed by atoms with van der Waals surface area (Å²) >= 11 is 3.32. The highest BCUT2D eigenvalue weighted by Gasteiger charge is 2.10. The van der Waals surface area contributed by atoms with Crippen LogP contribution in [0.1, 0.15) is 5.56 Å². The molecule has 0 aliphatic heterocycles. The molecule has 0 unspecified atom stereocenters. The van der Waals surface area contributed by atoms with Crippen molar-refractivity contribution in [1.29, 1.82) is 0 Å². The van der Waals surface area contributed by atoms with Crippen molar-refractivity contribution in [2.45, 2.75) is 0 Å². The third-order valence-electron chi connectivity index (χ3n) is 2.03. The van der Waals surface area contributed by atoms with E-state index in [1.807, 2.05) is 24.3 Å². The van der Waals surface area contributed by atoms with Gasteiger partial charge in [0.25, 0.3) is 0 Å². The average molecular weight is 328 g/mol. The van der Waals surface area contributed by atoms with Crippen LogP contribution >= 0.6 is 15.9 Å². The molecule has 0 saturated heterocycles. The molecule has 0 atom stereocenters. The molecule has 0 radical (unpaired) electrons. The zero-order valence-electron chi connectivity index (χ0n) is 10.4.